The summed E-state index contributed by atoms with van der Waals surface area (Å²) in [6.45, 7) is 2.15. The highest BCUT2D eigenvalue weighted by atomic mass is 32.2. The van der Waals surface area contributed by atoms with Crippen molar-refractivity contribution in [2.45, 2.75) is 31.9 Å². The summed E-state index contributed by atoms with van der Waals surface area (Å²) in [4.78, 5) is 0.913. The lowest BCUT2D eigenvalue weighted by Crippen LogP contribution is -1.96. The Kier molecular flexibility index (Phi) is 4.87. The summed E-state index contributed by atoms with van der Waals surface area (Å²) in [6, 6.07) is 10.6. The molecule has 2 aromatic heterocycles. The van der Waals surface area contributed by atoms with Gasteiger partial charge in [0, 0.05) is 6.42 Å². The van der Waals surface area contributed by atoms with E-state index in [4.69, 9.17) is 0 Å². The number of rotatable bonds is 7. The van der Waals surface area contributed by atoms with Crippen LogP contribution in [0.4, 0.5) is 0 Å². The molecular formula is C15H18N4S2. The second kappa shape index (κ2) is 7.04. The average molecular weight is 318 g/mol. The highest BCUT2D eigenvalue weighted by Gasteiger charge is 2.11. The molecule has 0 bridgehead atoms. The van der Waals surface area contributed by atoms with Gasteiger partial charge in [-0.05, 0) is 24.2 Å². The van der Waals surface area contributed by atoms with Crippen molar-refractivity contribution >= 4 is 28.1 Å². The molecule has 0 spiro atoms. The summed E-state index contributed by atoms with van der Waals surface area (Å²) in [7, 11) is 0. The van der Waals surface area contributed by atoms with E-state index in [1.807, 2.05) is 16.3 Å². The van der Waals surface area contributed by atoms with Crippen molar-refractivity contribution in [3.8, 4) is 0 Å². The lowest BCUT2D eigenvalue weighted by Gasteiger charge is -1.99. The molecule has 0 N–H and O–H groups in total. The molecule has 4 nitrogen and oxygen atoms in total. The van der Waals surface area contributed by atoms with Crippen LogP contribution in [0.1, 0.15) is 29.7 Å². The summed E-state index contributed by atoms with van der Waals surface area (Å²) in [5.41, 5.74) is 1.39. The van der Waals surface area contributed by atoms with Crippen molar-refractivity contribution in [2.24, 2.45) is 0 Å². The standard InChI is InChI=1S/C15H18N4S2/c1-2-20-11-13-16-17-15-19(13)18-14(21-15)10-6-9-12-7-4-3-5-8-12/h3-5,7-8H,2,6,9-11H2,1H3. The maximum Gasteiger partial charge on any atom is 0.234 e. The lowest BCUT2D eigenvalue weighted by atomic mass is 10.1. The number of aromatic nitrogens is 4. The minimum absolute atomic E-state index is 0.880. The third-order valence-electron chi connectivity index (χ3n) is 3.23. The van der Waals surface area contributed by atoms with Gasteiger partial charge in [-0.1, -0.05) is 48.6 Å². The van der Waals surface area contributed by atoms with Crippen LogP contribution in [-0.2, 0) is 18.6 Å². The average Bonchev–Trinajstić information content (AvgIpc) is 3.07. The Morgan fingerprint density at radius 3 is 2.81 bits per heavy atom. The molecule has 0 fully saturated rings. The Hall–Kier alpha value is -1.40. The number of aryl methyl sites for hydroxylation is 2. The smallest absolute Gasteiger partial charge is 0.186 e. The van der Waals surface area contributed by atoms with Gasteiger partial charge in [0.05, 0.1) is 5.75 Å². The van der Waals surface area contributed by atoms with Gasteiger partial charge in [0.15, 0.2) is 5.82 Å². The third kappa shape index (κ3) is 3.63. The number of fused-ring (bicyclic) bond motifs is 1. The van der Waals surface area contributed by atoms with Gasteiger partial charge in [0.25, 0.3) is 0 Å². The van der Waals surface area contributed by atoms with Crippen LogP contribution in [0, 0.1) is 0 Å². The predicted octanol–water partition coefficient (Wildman–Crippen LogP) is 3.61. The Morgan fingerprint density at radius 1 is 1.14 bits per heavy atom. The summed E-state index contributed by atoms with van der Waals surface area (Å²) in [5.74, 6) is 2.93. The topological polar surface area (TPSA) is 43.1 Å². The first-order valence-corrected chi connectivity index (χ1v) is 9.15. The second-order valence-corrected chi connectivity index (χ2v) is 7.10. The monoisotopic (exact) mass is 318 g/mol. The number of nitrogens with zero attached hydrogens (tertiary/aromatic N) is 4. The normalized spacial score (nSPS) is 11.3. The Labute approximate surface area is 132 Å². The first-order chi connectivity index (χ1) is 10.4. The minimum atomic E-state index is 0.880. The van der Waals surface area contributed by atoms with E-state index >= 15 is 0 Å². The molecule has 0 saturated carbocycles. The van der Waals surface area contributed by atoms with E-state index in [2.05, 4.69) is 52.6 Å². The van der Waals surface area contributed by atoms with Gasteiger partial charge in [-0.25, -0.2) is 0 Å². The zero-order valence-electron chi connectivity index (χ0n) is 12.0. The number of hydrogen-bond acceptors (Lipinski definition) is 5. The highest BCUT2D eigenvalue weighted by molar-refractivity contribution is 7.98. The van der Waals surface area contributed by atoms with E-state index in [1.165, 1.54) is 5.56 Å². The summed E-state index contributed by atoms with van der Waals surface area (Å²) >= 11 is 3.50. The molecule has 3 rings (SSSR count). The van der Waals surface area contributed by atoms with E-state index in [-0.39, 0.29) is 0 Å². The fraction of sp³-hybridized carbons (Fsp3) is 0.400. The molecule has 110 valence electrons. The minimum Gasteiger partial charge on any atom is -0.186 e. The maximum absolute atomic E-state index is 4.65. The van der Waals surface area contributed by atoms with Crippen molar-refractivity contribution in [2.75, 3.05) is 5.75 Å². The van der Waals surface area contributed by atoms with Crippen LogP contribution in [-0.4, -0.2) is 25.6 Å². The predicted molar refractivity (Wildman–Crippen MR) is 89.0 cm³/mol. The van der Waals surface area contributed by atoms with Gasteiger partial charge >= 0.3 is 0 Å². The molecule has 0 radical (unpaired) electrons. The van der Waals surface area contributed by atoms with E-state index in [9.17, 15) is 0 Å². The van der Waals surface area contributed by atoms with E-state index in [0.717, 1.165) is 46.6 Å². The SMILES string of the molecule is CCSCc1nnc2sc(CCCc3ccccc3)nn12. The summed E-state index contributed by atoms with van der Waals surface area (Å²) in [6.07, 6.45) is 3.22. The molecule has 0 aliphatic heterocycles. The van der Waals surface area contributed by atoms with Gasteiger partial charge in [-0.2, -0.15) is 21.4 Å². The molecule has 3 aromatic rings. The highest BCUT2D eigenvalue weighted by Crippen LogP contribution is 2.18. The molecule has 1 aromatic carbocycles. The maximum atomic E-state index is 4.65. The molecule has 0 unspecified atom stereocenters. The van der Waals surface area contributed by atoms with Crippen molar-refractivity contribution in [1.82, 2.24) is 19.8 Å². The molecule has 0 amide bonds. The van der Waals surface area contributed by atoms with Crippen molar-refractivity contribution in [3.63, 3.8) is 0 Å². The van der Waals surface area contributed by atoms with Gasteiger partial charge < -0.3 is 0 Å². The second-order valence-electron chi connectivity index (χ2n) is 4.78. The van der Waals surface area contributed by atoms with E-state index in [0.29, 0.717) is 0 Å². The summed E-state index contributed by atoms with van der Waals surface area (Å²) in [5, 5.41) is 14.2. The lowest BCUT2D eigenvalue weighted by molar-refractivity contribution is 0.777. The Balaban J connectivity index is 1.61. The molecular weight excluding hydrogens is 300 g/mol. The van der Waals surface area contributed by atoms with Crippen LogP contribution in [0.5, 0.6) is 0 Å². The Bertz CT molecular complexity index is 690. The Morgan fingerprint density at radius 2 is 2.00 bits per heavy atom. The fourth-order valence-electron chi connectivity index (χ4n) is 2.17. The van der Waals surface area contributed by atoms with Crippen molar-refractivity contribution < 1.29 is 0 Å². The zero-order chi connectivity index (χ0) is 14.5. The zero-order valence-corrected chi connectivity index (χ0v) is 13.7. The van der Waals surface area contributed by atoms with Gasteiger partial charge in [0.2, 0.25) is 4.96 Å². The number of thioether (sulfide) groups is 1. The van der Waals surface area contributed by atoms with Crippen molar-refractivity contribution in [1.29, 1.82) is 0 Å². The van der Waals surface area contributed by atoms with Crippen LogP contribution in [0.15, 0.2) is 30.3 Å². The summed E-state index contributed by atoms with van der Waals surface area (Å²) < 4.78 is 1.91. The third-order valence-corrected chi connectivity index (χ3v) is 5.06. The van der Waals surface area contributed by atoms with Crippen LogP contribution >= 0.6 is 23.1 Å². The molecule has 6 heteroatoms. The molecule has 0 saturated heterocycles. The van der Waals surface area contributed by atoms with Crippen molar-refractivity contribution in [3.05, 3.63) is 46.7 Å². The quantitative estimate of drug-likeness (QED) is 0.667. The van der Waals surface area contributed by atoms with E-state index in [1.54, 1.807) is 11.3 Å². The number of benzene rings is 1. The van der Waals surface area contributed by atoms with Crippen LogP contribution < -0.4 is 0 Å². The molecule has 2 heterocycles. The molecule has 0 aliphatic carbocycles. The first-order valence-electron chi connectivity index (χ1n) is 7.18. The number of hydrogen-bond donors (Lipinski definition) is 0. The first kappa shape index (κ1) is 14.5. The van der Waals surface area contributed by atoms with Crippen LogP contribution in [0.2, 0.25) is 0 Å². The van der Waals surface area contributed by atoms with Gasteiger partial charge in [0.1, 0.15) is 5.01 Å². The molecule has 21 heavy (non-hydrogen) atoms. The van der Waals surface area contributed by atoms with Crippen LogP contribution in [0.3, 0.4) is 0 Å². The van der Waals surface area contributed by atoms with E-state index < -0.39 is 0 Å². The van der Waals surface area contributed by atoms with Gasteiger partial charge in [-0.3, -0.25) is 0 Å². The van der Waals surface area contributed by atoms with Gasteiger partial charge in [-0.15, -0.1) is 10.2 Å². The van der Waals surface area contributed by atoms with Crippen LogP contribution in [0.25, 0.3) is 4.96 Å². The largest absolute Gasteiger partial charge is 0.234 e. The molecule has 0 atom stereocenters. The fourth-order valence-corrected chi connectivity index (χ4v) is 3.63. The molecule has 0 aliphatic rings.